The summed E-state index contributed by atoms with van der Waals surface area (Å²) in [6.07, 6.45) is -0.121. The van der Waals surface area contributed by atoms with E-state index in [-0.39, 0.29) is 38.1 Å². The minimum atomic E-state index is -0.688. The van der Waals surface area contributed by atoms with Gasteiger partial charge in [-0.05, 0) is 32.0 Å². The minimum absolute atomic E-state index is 0.0607. The number of fused-ring (bicyclic) bond motifs is 1. The minimum Gasteiger partial charge on any atom is -0.454 e. The third kappa shape index (κ3) is 4.88. The molecule has 1 N–H and O–H groups in total. The molecule has 1 aromatic rings. The van der Waals surface area contributed by atoms with Gasteiger partial charge < -0.3 is 29.2 Å². The molecule has 0 spiro atoms. The fourth-order valence-electron chi connectivity index (χ4n) is 2.96. The molecule has 9 nitrogen and oxygen atoms in total. The molecule has 27 heavy (non-hydrogen) atoms. The molecule has 1 fully saturated rings. The summed E-state index contributed by atoms with van der Waals surface area (Å²) in [4.78, 5) is 37.7. The number of morpholine rings is 1. The van der Waals surface area contributed by atoms with E-state index in [9.17, 15) is 14.4 Å². The van der Waals surface area contributed by atoms with Crippen molar-refractivity contribution in [2.45, 2.75) is 26.1 Å². The molecular weight excluding hydrogens is 356 g/mol. The van der Waals surface area contributed by atoms with Crippen LogP contribution in [-0.2, 0) is 19.1 Å². The number of nitrogens with one attached hydrogen (secondary N) is 1. The lowest BCUT2D eigenvalue weighted by molar-refractivity contribution is -0.156. The Hall–Kier alpha value is -2.81. The van der Waals surface area contributed by atoms with E-state index in [1.807, 2.05) is 13.8 Å². The Balaban J connectivity index is 1.41. The highest BCUT2D eigenvalue weighted by atomic mass is 16.7. The number of esters is 1. The van der Waals surface area contributed by atoms with Crippen LogP contribution in [-0.4, -0.2) is 67.9 Å². The van der Waals surface area contributed by atoms with Crippen molar-refractivity contribution in [1.29, 1.82) is 0 Å². The summed E-state index contributed by atoms with van der Waals surface area (Å²) >= 11 is 0. The van der Waals surface area contributed by atoms with Crippen molar-refractivity contribution in [3.8, 4) is 11.5 Å². The molecule has 0 bridgehead atoms. The van der Waals surface area contributed by atoms with Gasteiger partial charge in [-0.1, -0.05) is 0 Å². The molecule has 2 aliphatic heterocycles. The number of hydrogen-bond acceptors (Lipinski definition) is 7. The second-order valence-electron chi connectivity index (χ2n) is 6.47. The predicted molar refractivity (Wildman–Crippen MR) is 92.4 cm³/mol. The first-order chi connectivity index (χ1) is 12.9. The van der Waals surface area contributed by atoms with Gasteiger partial charge in [0, 0.05) is 18.7 Å². The Kier molecular flexibility index (Phi) is 5.80. The van der Waals surface area contributed by atoms with Gasteiger partial charge in [-0.15, -0.1) is 0 Å². The lowest BCUT2D eigenvalue weighted by Gasteiger charge is -2.35. The standard InChI is InChI=1S/C18H22N2O7/c1-11-7-20(8-12(2)27-11)16(21)9-24-17(22)6-19-18(23)13-3-4-14-15(5-13)26-10-25-14/h3-5,11-12H,6-10H2,1-2H3,(H,19,23)/t11-,12-/m1/s1. The SMILES string of the molecule is C[C@@H]1CN(C(=O)COC(=O)CNC(=O)c2ccc3c(c2)OCO3)C[C@@H](C)O1. The van der Waals surface area contributed by atoms with Crippen molar-refractivity contribution in [2.75, 3.05) is 33.0 Å². The molecular formula is C18H22N2O7. The van der Waals surface area contributed by atoms with Gasteiger partial charge in [-0.3, -0.25) is 14.4 Å². The Morgan fingerprint density at radius 2 is 1.85 bits per heavy atom. The summed E-state index contributed by atoms with van der Waals surface area (Å²) in [6.45, 7) is 4.10. The second kappa shape index (κ2) is 8.26. The molecule has 0 aliphatic carbocycles. The molecule has 2 atom stereocenters. The van der Waals surface area contributed by atoms with Crippen LogP contribution in [0.25, 0.3) is 0 Å². The van der Waals surface area contributed by atoms with Crippen molar-refractivity contribution in [3.63, 3.8) is 0 Å². The second-order valence-corrected chi connectivity index (χ2v) is 6.47. The van der Waals surface area contributed by atoms with E-state index in [4.69, 9.17) is 18.9 Å². The van der Waals surface area contributed by atoms with E-state index in [0.717, 1.165) is 0 Å². The number of carbonyl (C=O) groups excluding carboxylic acids is 3. The van der Waals surface area contributed by atoms with Crippen molar-refractivity contribution in [1.82, 2.24) is 10.2 Å². The zero-order valence-corrected chi connectivity index (χ0v) is 15.2. The lowest BCUT2D eigenvalue weighted by atomic mass is 10.2. The van der Waals surface area contributed by atoms with Crippen LogP contribution >= 0.6 is 0 Å². The predicted octanol–water partition coefficient (Wildman–Crippen LogP) is 0.324. The van der Waals surface area contributed by atoms with Crippen LogP contribution in [0.5, 0.6) is 11.5 Å². The summed E-state index contributed by atoms with van der Waals surface area (Å²) in [6, 6.07) is 4.73. The van der Waals surface area contributed by atoms with E-state index in [1.165, 1.54) is 6.07 Å². The van der Waals surface area contributed by atoms with Gasteiger partial charge in [0.05, 0.1) is 12.2 Å². The van der Waals surface area contributed by atoms with Gasteiger partial charge in [0.1, 0.15) is 6.54 Å². The zero-order valence-electron chi connectivity index (χ0n) is 15.2. The Morgan fingerprint density at radius 1 is 1.15 bits per heavy atom. The molecule has 2 aliphatic rings. The van der Waals surface area contributed by atoms with Crippen LogP contribution in [0.1, 0.15) is 24.2 Å². The molecule has 3 rings (SSSR count). The van der Waals surface area contributed by atoms with Crippen LogP contribution in [0, 0.1) is 0 Å². The van der Waals surface area contributed by atoms with E-state index in [2.05, 4.69) is 5.32 Å². The Morgan fingerprint density at radius 3 is 2.59 bits per heavy atom. The van der Waals surface area contributed by atoms with Gasteiger partial charge in [-0.25, -0.2) is 0 Å². The first-order valence-electron chi connectivity index (χ1n) is 8.69. The monoisotopic (exact) mass is 378 g/mol. The van der Waals surface area contributed by atoms with Gasteiger partial charge in [0.25, 0.3) is 11.8 Å². The number of amides is 2. The topological polar surface area (TPSA) is 103 Å². The third-order valence-electron chi connectivity index (χ3n) is 4.16. The molecule has 0 radical (unpaired) electrons. The quantitative estimate of drug-likeness (QED) is 0.736. The molecule has 146 valence electrons. The summed E-state index contributed by atoms with van der Waals surface area (Å²) in [5.41, 5.74) is 0.333. The van der Waals surface area contributed by atoms with E-state index >= 15 is 0 Å². The maximum atomic E-state index is 12.1. The summed E-state index contributed by atoms with van der Waals surface area (Å²) < 4.78 is 20.9. The van der Waals surface area contributed by atoms with E-state index < -0.39 is 11.9 Å². The van der Waals surface area contributed by atoms with Gasteiger partial charge in [-0.2, -0.15) is 0 Å². The Bertz CT molecular complexity index is 726. The van der Waals surface area contributed by atoms with Crippen LogP contribution in [0.3, 0.4) is 0 Å². The molecule has 0 saturated carbocycles. The highest BCUT2D eigenvalue weighted by Gasteiger charge is 2.26. The lowest BCUT2D eigenvalue weighted by Crippen LogP contribution is -2.49. The van der Waals surface area contributed by atoms with Gasteiger partial charge in [0.2, 0.25) is 6.79 Å². The summed E-state index contributed by atoms with van der Waals surface area (Å²) in [5.74, 6) is -0.382. The van der Waals surface area contributed by atoms with Gasteiger partial charge in [0.15, 0.2) is 18.1 Å². The highest BCUT2D eigenvalue weighted by Crippen LogP contribution is 2.32. The maximum Gasteiger partial charge on any atom is 0.325 e. The molecule has 1 saturated heterocycles. The number of nitrogens with zero attached hydrogens (tertiary/aromatic N) is 1. The number of benzene rings is 1. The maximum absolute atomic E-state index is 12.1. The first-order valence-corrected chi connectivity index (χ1v) is 8.69. The number of rotatable bonds is 5. The number of carbonyl (C=O) groups is 3. The molecule has 0 unspecified atom stereocenters. The zero-order chi connectivity index (χ0) is 19.4. The number of ether oxygens (including phenoxy) is 4. The fraction of sp³-hybridized carbons (Fsp3) is 0.500. The molecule has 0 aromatic heterocycles. The first kappa shape index (κ1) is 19.0. The van der Waals surface area contributed by atoms with Crippen molar-refractivity contribution in [3.05, 3.63) is 23.8 Å². The smallest absolute Gasteiger partial charge is 0.325 e. The molecule has 1 aromatic carbocycles. The number of hydrogen-bond donors (Lipinski definition) is 1. The van der Waals surface area contributed by atoms with Crippen molar-refractivity contribution < 1.29 is 33.3 Å². The third-order valence-corrected chi connectivity index (χ3v) is 4.16. The summed E-state index contributed by atoms with van der Waals surface area (Å²) in [7, 11) is 0. The van der Waals surface area contributed by atoms with E-state index in [1.54, 1.807) is 17.0 Å². The van der Waals surface area contributed by atoms with Crippen molar-refractivity contribution in [2.24, 2.45) is 0 Å². The van der Waals surface area contributed by atoms with Crippen LogP contribution in [0.2, 0.25) is 0 Å². The Labute approximate surface area is 156 Å². The van der Waals surface area contributed by atoms with Crippen LogP contribution in [0.15, 0.2) is 18.2 Å². The van der Waals surface area contributed by atoms with Gasteiger partial charge >= 0.3 is 5.97 Å². The molecule has 9 heteroatoms. The average molecular weight is 378 g/mol. The normalized spacial score (nSPS) is 20.9. The van der Waals surface area contributed by atoms with Crippen LogP contribution in [0.4, 0.5) is 0 Å². The highest BCUT2D eigenvalue weighted by molar-refractivity contribution is 5.96. The summed E-state index contributed by atoms with van der Waals surface area (Å²) in [5, 5.41) is 2.45. The molecule has 2 amide bonds. The van der Waals surface area contributed by atoms with Crippen molar-refractivity contribution >= 4 is 17.8 Å². The largest absolute Gasteiger partial charge is 0.454 e. The average Bonchev–Trinajstić information content (AvgIpc) is 3.11. The molecule has 2 heterocycles. The van der Waals surface area contributed by atoms with E-state index in [0.29, 0.717) is 30.2 Å². The van der Waals surface area contributed by atoms with Crippen LogP contribution < -0.4 is 14.8 Å². The fourth-order valence-corrected chi connectivity index (χ4v) is 2.96.